The SMILES string of the molecule is CC(C)(C)C(COc1ccccc1F)NC(=O)NCc1ccnc(N2CCCC2)c1. The minimum atomic E-state index is -0.416. The molecular weight excluding hydrogens is 383 g/mol. The monoisotopic (exact) mass is 414 g/mol. The highest BCUT2D eigenvalue weighted by atomic mass is 19.1. The van der Waals surface area contributed by atoms with Crippen LogP contribution in [0.15, 0.2) is 42.6 Å². The first-order chi connectivity index (χ1) is 14.3. The van der Waals surface area contributed by atoms with Crippen molar-refractivity contribution in [2.45, 2.75) is 46.2 Å². The van der Waals surface area contributed by atoms with E-state index in [1.54, 1.807) is 24.4 Å². The number of rotatable bonds is 7. The average Bonchev–Trinajstić information content (AvgIpc) is 3.25. The molecule has 0 bridgehead atoms. The fourth-order valence-corrected chi connectivity index (χ4v) is 3.32. The fourth-order valence-electron chi connectivity index (χ4n) is 3.32. The summed E-state index contributed by atoms with van der Waals surface area (Å²) in [5.41, 5.74) is 0.735. The van der Waals surface area contributed by atoms with Crippen LogP contribution in [0, 0.1) is 11.2 Å². The third-order valence-corrected chi connectivity index (χ3v) is 5.29. The molecule has 7 heteroatoms. The molecule has 0 spiro atoms. The molecule has 1 aromatic heterocycles. The zero-order valence-corrected chi connectivity index (χ0v) is 18.0. The van der Waals surface area contributed by atoms with Crippen molar-refractivity contribution in [2.75, 3.05) is 24.6 Å². The summed E-state index contributed by atoms with van der Waals surface area (Å²) < 4.78 is 19.4. The number of para-hydroxylation sites is 1. The average molecular weight is 415 g/mol. The topological polar surface area (TPSA) is 66.5 Å². The number of urea groups is 1. The Hall–Kier alpha value is -2.83. The lowest BCUT2D eigenvalue weighted by Crippen LogP contribution is -2.50. The van der Waals surface area contributed by atoms with Crippen molar-refractivity contribution in [1.82, 2.24) is 15.6 Å². The number of amides is 2. The molecule has 6 nitrogen and oxygen atoms in total. The maximum atomic E-state index is 13.8. The molecule has 3 rings (SSSR count). The number of carbonyl (C=O) groups excluding carboxylic acids is 1. The van der Waals surface area contributed by atoms with Gasteiger partial charge in [-0.2, -0.15) is 0 Å². The van der Waals surface area contributed by atoms with E-state index >= 15 is 0 Å². The Morgan fingerprint density at radius 3 is 2.67 bits per heavy atom. The molecule has 2 heterocycles. The van der Waals surface area contributed by atoms with Gasteiger partial charge in [-0.25, -0.2) is 14.2 Å². The maximum absolute atomic E-state index is 13.8. The van der Waals surface area contributed by atoms with Gasteiger partial charge in [-0.05, 0) is 48.1 Å². The molecule has 0 saturated carbocycles. The second-order valence-corrected chi connectivity index (χ2v) is 8.70. The largest absolute Gasteiger partial charge is 0.488 e. The van der Waals surface area contributed by atoms with E-state index in [0.29, 0.717) is 6.54 Å². The van der Waals surface area contributed by atoms with Gasteiger partial charge in [-0.3, -0.25) is 0 Å². The third kappa shape index (κ3) is 6.08. The van der Waals surface area contributed by atoms with Crippen molar-refractivity contribution in [3.05, 3.63) is 54.0 Å². The van der Waals surface area contributed by atoms with Crippen LogP contribution in [0.3, 0.4) is 0 Å². The first-order valence-electron chi connectivity index (χ1n) is 10.4. The number of ether oxygens (including phenoxy) is 1. The summed E-state index contributed by atoms with van der Waals surface area (Å²) in [6.07, 6.45) is 4.16. The summed E-state index contributed by atoms with van der Waals surface area (Å²) in [6.45, 7) is 8.65. The van der Waals surface area contributed by atoms with E-state index < -0.39 is 5.82 Å². The molecule has 1 fully saturated rings. The summed E-state index contributed by atoms with van der Waals surface area (Å²) >= 11 is 0. The van der Waals surface area contributed by atoms with E-state index in [1.807, 2.05) is 32.9 Å². The summed E-state index contributed by atoms with van der Waals surface area (Å²) in [5, 5.41) is 5.87. The van der Waals surface area contributed by atoms with Gasteiger partial charge in [-0.15, -0.1) is 0 Å². The lowest BCUT2D eigenvalue weighted by molar-refractivity contribution is 0.167. The summed E-state index contributed by atoms with van der Waals surface area (Å²) in [5.74, 6) is 0.722. The standard InChI is InChI=1S/C23H31FN4O2/c1-23(2,3)20(16-30-19-9-5-4-8-18(19)24)27-22(29)26-15-17-10-11-25-21(14-17)28-12-6-7-13-28/h4-5,8-11,14,20H,6-7,12-13,15-16H2,1-3H3,(H2,26,27,29). The van der Waals surface area contributed by atoms with Gasteiger partial charge in [0.1, 0.15) is 12.4 Å². The minimum absolute atomic E-state index is 0.173. The van der Waals surface area contributed by atoms with E-state index in [4.69, 9.17) is 4.74 Å². The molecule has 30 heavy (non-hydrogen) atoms. The van der Waals surface area contributed by atoms with Crippen LogP contribution in [0.5, 0.6) is 5.75 Å². The van der Waals surface area contributed by atoms with Gasteiger partial charge >= 0.3 is 6.03 Å². The Balaban J connectivity index is 1.54. The second kappa shape index (κ2) is 9.78. The van der Waals surface area contributed by atoms with Gasteiger partial charge in [0.25, 0.3) is 0 Å². The lowest BCUT2D eigenvalue weighted by atomic mass is 9.87. The molecular formula is C23H31FN4O2. The predicted octanol–water partition coefficient (Wildman–Crippen LogP) is 4.11. The molecule has 0 radical (unpaired) electrons. The van der Waals surface area contributed by atoms with Crippen molar-refractivity contribution >= 4 is 11.8 Å². The molecule has 2 N–H and O–H groups in total. The van der Waals surface area contributed by atoms with Crippen LogP contribution in [-0.2, 0) is 6.54 Å². The van der Waals surface area contributed by atoms with Crippen LogP contribution < -0.4 is 20.3 Å². The zero-order valence-electron chi connectivity index (χ0n) is 18.0. The first kappa shape index (κ1) is 21.9. The van der Waals surface area contributed by atoms with Gasteiger partial charge in [-0.1, -0.05) is 32.9 Å². The van der Waals surface area contributed by atoms with Gasteiger partial charge in [0.2, 0.25) is 0 Å². The Morgan fingerprint density at radius 2 is 1.97 bits per heavy atom. The highest BCUT2D eigenvalue weighted by molar-refractivity contribution is 5.74. The predicted molar refractivity (Wildman–Crippen MR) is 116 cm³/mol. The molecule has 1 atom stereocenters. The number of hydrogen-bond acceptors (Lipinski definition) is 4. The Morgan fingerprint density at radius 1 is 1.23 bits per heavy atom. The van der Waals surface area contributed by atoms with Crippen molar-refractivity contribution in [1.29, 1.82) is 0 Å². The Bertz CT molecular complexity index is 847. The van der Waals surface area contributed by atoms with Crippen LogP contribution in [0.25, 0.3) is 0 Å². The van der Waals surface area contributed by atoms with Crippen LogP contribution >= 0.6 is 0 Å². The number of nitrogens with zero attached hydrogens (tertiary/aromatic N) is 2. The smallest absolute Gasteiger partial charge is 0.315 e. The lowest BCUT2D eigenvalue weighted by Gasteiger charge is -2.31. The van der Waals surface area contributed by atoms with E-state index in [9.17, 15) is 9.18 Å². The van der Waals surface area contributed by atoms with Crippen molar-refractivity contribution < 1.29 is 13.9 Å². The van der Waals surface area contributed by atoms with Crippen molar-refractivity contribution in [2.24, 2.45) is 5.41 Å². The number of halogens is 1. The summed E-state index contributed by atoms with van der Waals surface area (Å²) in [4.78, 5) is 19.2. The van der Waals surface area contributed by atoms with Gasteiger partial charge in [0, 0.05) is 25.8 Å². The number of pyridine rings is 1. The van der Waals surface area contributed by atoms with E-state index in [2.05, 4.69) is 20.5 Å². The van der Waals surface area contributed by atoms with E-state index in [1.165, 1.54) is 18.9 Å². The number of nitrogens with one attached hydrogen (secondary N) is 2. The second-order valence-electron chi connectivity index (χ2n) is 8.70. The van der Waals surface area contributed by atoms with E-state index in [-0.39, 0.29) is 29.8 Å². The third-order valence-electron chi connectivity index (χ3n) is 5.29. The van der Waals surface area contributed by atoms with Crippen molar-refractivity contribution in [3.63, 3.8) is 0 Å². The number of aromatic nitrogens is 1. The fraction of sp³-hybridized carbons (Fsp3) is 0.478. The van der Waals surface area contributed by atoms with Gasteiger partial charge in [0.15, 0.2) is 11.6 Å². The molecule has 2 amide bonds. The molecule has 1 aliphatic rings. The van der Waals surface area contributed by atoms with Crippen LogP contribution in [0.2, 0.25) is 0 Å². The molecule has 1 aliphatic heterocycles. The van der Waals surface area contributed by atoms with Crippen LogP contribution in [-0.4, -0.2) is 36.8 Å². The molecule has 1 aromatic carbocycles. The number of anilines is 1. The normalized spacial score (nSPS) is 15.0. The van der Waals surface area contributed by atoms with E-state index in [0.717, 1.165) is 24.5 Å². The van der Waals surface area contributed by atoms with Crippen LogP contribution in [0.1, 0.15) is 39.2 Å². The number of hydrogen-bond donors (Lipinski definition) is 2. The summed E-state index contributed by atoms with van der Waals surface area (Å²) in [6, 6.07) is 9.61. The molecule has 0 aliphatic carbocycles. The number of carbonyl (C=O) groups is 1. The highest BCUT2D eigenvalue weighted by Crippen LogP contribution is 2.22. The zero-order chi connectivity index (χ0) is 21.6. The first-order valence-corrected chi connectivity index (χ1v) is 10.4. The minimum Gasteiger partial charge on any atom is -0.488 e. The Kier molecular flexibility index (Phi) is 7.13. The Labute approximate surface area is 177 Å². The molecule has 1 unspecified atom stereocenters. The molecule has 1 saturated heterocycles. The molecule has 162 valence electrons. The quantitative estimate of drug-likeness (QED) is 0.715. The highest BCUT2D eigenvalue weighted by Gasteiger charge is 2.27. The maximum Gasteiger partial charge on any atom is 0.315 e. The van der Waals surface area contributed by atoms with Gasteiger partial charge in [0.05, 0.1) is 6.04 Å². The number of benzene rings is 1. The molecule has 2 aromatic rings. The summed E-state index contributed by atoms with van der Waals surface area (Å²) in [7, 11) is 0. The van der Waals surface area contributed by atoms with Crippen molar-refractivity contribution in [3.8, 4) is 5.75 Å². The van der Waals surface area contributed by atoms with Gasteiger partial charge < -0.3 is 20.3 Å². The van der Waals surface area contributed by atoms with Crippen LogP contribution in [0.4, 0.5) is 15.0 Å².